The standard InChI is InChI=1S/C11H23NO/c1-7-12(8-9(2)3)10(13)11(4,5)6/h9H,7-8H2,1-6H3. The van der Waals surface area contributed by atoms with Crippen molar-refractivity contribution in [3.63, 3.8) is 0 Å². The van der Waals surface area contributed by atoms with Gasteiger partial charge >= 0.3 is 0 Å². The molecular formula is C11H23NO. The molecule has 2 heteroatoms. The minimum absolute atomic E-state index is 0.245. The maximum atomic E-state index is 11.9. The first-order valence-electron chi connectivity index (χ1n) is 5.08. The number of carbonyl (C=O) groups excluding carboxylic acids is 1. The molecule has 0 heterocycles. The van der Waals surface area contributed by atoms with Gasteiger partial charge in [-0.15, -0.1) is 0 Å². The number of rotatable bonds is 3. The van der Waals surface area contributed by atoms with Gasteiger partial charge in [-0.3, -0.25) is 4.79 Å². The van der Waals surface area contributed by atoms with Gasteiger partial charge in [0.1, 0.15) is 0 Å². The van der Waals surface area contributed by atoms with Crippen molar-refractivity contribution in [2.45, 2.75) is 41.5 Å². The van der Waals surface area contributed by atoms with Crippen LogP contribution in [0.5, 0.6) is 0 Å². The van der Waals surface area contributed by atoms with Crippen LogP contribution in [0.3, 0.4) is 0 Å². The highest BCUT2D eigenvalue weighted by atomic mass is 16.2. The maximum Gasteiger partial charge on any atom is 0.227 e. The number of nitrogens with zero attached hydrogens (tertiary/aromatic N) is 1. The molecule has 0 aliphatic heterocycles. The molecule has 0 saturated carbocycles. The quantitative estimate of drug-likeness (QED) is 0.661. The van der Waals surface area contributed by atoms with Gasteiger partial charge in [-0.1, -0.05) is 34.6 Å². The van der Waals surface area contributed by atoms with Gasteiger partial charge in [0.2, 0.25) is 5.91 Å². The van der Waals surface area contributed by atoms with Gasteiger partial charge in [-0.25, -0.2) is 0 Å². The van der Waals surface area contributed by atoms with Crippen LogP contribution < -0.4 is 0 Å². The van der Waals surface area contributed by atoms with E-state index >= 15 is 0 Å². The highest BCUT2D eigenvalue weighted by molar-refractivity contribution is 5.81. The maximum absolute atomic E-state index is 11.9. The van der Waals surface area contributed by atoms with Crippen LogP contribution in [-0.4, -0.2) is 23.9 Å². The number of hydrogen-bond acceptors (Lipinski definition) is 1. The molecule has 13 heavy (non-hydrogen) atoms. The Morgan fingerprint density at radius 3 is 2.00 bits per heavy atom. The van der Waals surface area contributed by atoms with Crippen molar-refractivity contribution in [3.8, 4) is 0 Å². The molecule has 0 aromatic heterocycles. The Bertz CT molecular complexity index is 167. The van der Waals surface area contributed by atoms with E-state index in [2.05, 4.69) is 13.8 Å². The Labute approximate surface area is 82.3 Å². The van der Waals surface area contributed by atoms with Crippen molar-refractivity contribution >= 4 is 5.91 Å². The lowest BCUT2D eigenvalue weighted by atomic mass is 9.94. The van der Waals surface area contributed by atoms with E-state index in [4.69, 9.17) is 0 Å². The van der Waals surface area contributed by atoms with Crippen LogP contribution in [0.1, 0.15) is 41.5 Å². The molecule has 0 spiro atoms. The number of carbonyl (C=O) groups is 1. The highest BCUT2D eigenvalue weighted by Gasteiger charge is 2.26. The smallest absolute Gasteiger partial charge is 0.227 e. The minimum atomic E-state index is -0.245. The van der Waals surface area contributed by atoms with Crippen LogP contribution in [0.15, 0.2) is 0 Å². The minimum Gasteiger partial charge on any atom is -0.342 e. The van der Waals surface area contributed by atoms with E-state index in [9.17, 15) is 4.79 Å². The highest BCUT2D eigenvalue weighted by Crippen LogP contribution is 2.17. The van der Waals surface area contributed by atoms with E-state index in [1.807, 2.05) is 32.6 Å². The molecule has 0 aliphatic rings. The third-order valence-electron chi connectivity index (χ3n) is 1.90. The predicted octanol–water partition coefficient (Wildman–Crippen LogP) is 2.54. The molecule has 0 unspecified atom stereocenters. The first-order valence-corrected chi connectivity index (χ1v) is 5.08. The first-order chi connectivity index (χ1) is 5.79. The van der Waals surface area contributed by atoms with E-state index in [1.54, 1.807) is 0 Å². The molecule has 0 aromatic carbocycles. The molecule has 0 rings (SSSR count). The van der Waals surface area contributed by atoms with Crippen molar-refractivity contribution in [2.24, 2.45) is 11.3 Å². The summed E-state index contributed by atoms with van der Waals surface area (Å²) in [5.41, 5.74) is -0.245. The van der Waals surface area contributed by atoms with Crippen LogP contribution in [0.2, 0.25) is 0 Å². The summed E-state index contributed by atoms with van der Waals surface area (Å²) in [5, 5.41) is 0. The van der Waals surface area contributed by atoms with Gasteiger partial charge in [0, 0.05) is 18.5 Å². The first kappa shape index (κ1) is 12.5. The van der Waals surface area contributed by atoms with E-state index in [0.29, 0.717) is 5.92 Å². The third-order valence-corrected chi connectivity index (χ3v) is 1.90. The second-order valence-corrected chi connectivity index (χ2v) is 4.99. The second-order valence-electron chi connectivity index (χ2n) is 4.99. The van der Waals surface area contributed by atoms with Crippen molar-refractivity contribution in [1.82, 2.24) is 4.90 Å². The van der Waals surface area contributed by atoms with Crippen LogP contribution >= 0.6 is 0 Å². The summed E-state index contributed by atoms with van der Waals surface area (Å²) >= 11 is 0. The van der Waals surface area contributed by atoms with Crippen LogP contribution in [0.25, 0.3) is 0 Å². The SMILES string of the molecule is CCN(CC(C)C)C(=O)C(C)(C)C. The fourth-order valence-electron chi connectivity index (χ4n) is 1.27. The van der Waals surface area contributed by atoms with E-state index in [1.165, 1.54) is 0 Å². The average molecular weight is 185 g/mol. The number of hydrogen-bond donors (Lipinski definition) is 0. The molecule has 0 aliphatic carbocycles. The molecule has 1 amide bonds. The predicted molar refractivity (Wildman–Crippen MR) is 56.5 cm³/mol. The third kappa shape index (κ3) is 4.30. The van der Waals surface area contributed by atoms with Crippen molar-refractivity contribution < 1.29 is 4.79 Å². The average Bonchev–Trinajstić information content (AvgIpc) is 1.96. The lowest BCUT2D eigenvalue weighted by molar-refractivity contribution is -0.139. The zero-order chi connectivity index (χ0) is 10.6. The Morgan fingerprint density at radius 2 is 1.77 bits per heavy atom. The number of amides is 1. The summed E-state index contributed by atoms with van der Waals surface area (Å²) < 4.78 is 0. The van der Waals surface area contributed by atoms with Gasteiger partial charge in [-0.05, 0) is 12.8 Å². The Balaban J connectivity index is 4.33. The van der Waals surface area contributed by atoms with Crippen molar-refractivity contribution in [2.75, 3.05) is 13.1 Å². The molecule has 0 saturated heterocycles. The lowest BCUT2D eigenvalue weighted by Gasteiger charge is -2.29. The molecular weight excluding hydrogens is 162 g/mol. The zero-order valence-electron chi connectivity index (χ0n) is 9.85. The zero-order valence-corrected chi connectivity index (χ0v) is 9.85. The molecule has 0 N–H and O–H groups in total. The second kappa shape index (κ2) is 4.64. The van der Waals surface area contributed by atoms with Gasteiger partial charge in [-0.2, -0.15) is 0 Å². The van der Waals surface area contributed by atoms with Crippen molar-refractivity contribution in [3.05, 3.63) is 0 Å². The van der Waals surface area contributed by atoms with Crippen LogP contribution in [0.4, 0.5) is 0 Å². The molecule has 0 aromatic rings. The van der Waals surface area contributed by atoms with E-state index in [0.717, 1.165) is 13.1 Å². The van der Waals surface area contributed by atoms with Crippen LogP contribution in [-0.2, 0) is 4.79 Å². The van der Waals surface area contributed by atoms with Crippen LogP contribution in [0, 0.1) is 11.3 Å². The Kier molecular flexibility index (Phi) is 4.45. The lowest BCUT2D eigenvalue weighted by Crippen LogP contribution is -2.41. The van der Waals surface area contributed by atoms with E-state index < -0.39 is 0 Å². The summed E-state index contributed by atoms with van der Waals surface area (Å²) in [5.74, 6) is 0.801. The fourth-order valence-corrected chi connectivity index (χ4v) is 1.27. The topological polar surface area (TPSA) is 20.3 Å². The summed E-state index contributed by atoms with van der Waals surface area (Å²) in [4.78, 5) is 13.8. The fraction of sp³-hybridized carbons (Fsp3) is 0.909. The van der Waals surface area contributed by atoms with Gasteiger partial charge in [0.25, 0.3) is 0 Å². The Hall–Kier alpha value is -0.530. The summed E-state index contributed by atoms with van der Waals surface area (Å²) in [6, 6.07) is 0. The van der Waals surface area contributed by atoms with Gasteiger partial charge in [0.05, 0.1) is 0 Å². The van der Waals surface area contributed by atoms with Crippen molar-refractivity contribution in [1.29, 1.82) is 0 Å². The molecule has 78 valence electrons. The van der Waals surface area contributed by atoms with Gasteiger partial charge < -0.3 is 4.90 Å². The molecule has 0 bridgehead atoms. The molecule has 2 nitrogen and oxygen atoms in total. The molecule has 0 atom stereocenters. The van der Waals surface area contributed by atoms with E-state index in [-0.39, 0.29) is 11.3 Å². The monoisotopic (exact) mass is 185 g/mol. The summed E-state index contributed by atoms with van der Waals surface area (Å²) in [6.07, 6.45) is 0. The normalized spacial score (nSPS) is 11.9. The summed E-state index contributed by atoms with van der Waals surface area (Å²) in [7, 11) is 0. The largest absolute Gasteiger partial charge is 0.342 e. The Morgan fingerprint density at radius 1 is 1.31 bits per heavy atom. The molecule has 0 fully saturated rings. The summed E-state index contributed by atoms with van der Waals surface area (Å²) in [6.45, 7) is 13.9. The van der Waals surface area contributed by atoms with Gasteiger partial charge in [0.15, 0.2) is 0 Å². The molecule has 0 radical (unpaired) electrons.